The zero-order chi connectivity index (χ0) is 11.0. The predicted molar refractivity (Wildman–Crippen MR) is 55.5 cm³/mol. The number of carbonyl (C=O) groups is 1. The molecule has 5 nitrogen and oxygen atoms in total. The fourth-order valence-corrected chi connectivity index (χ4v) is 0.888. The first-order valence-corrected chi connectivity index (χ1v) is 4.81. The lowest BCUT2D eigenvalue weighted by atomic mass is 10.2. The molecule has 0 fully saturated rings. The molecule has 1 amide bonds. The average molecular weight is 203 g/mol. The van der Waals surface area contributed by atoms with E-state index >= 15 is 0 Å². The molecule has 0 aromatic heterocycles. The molecule has 0 aliphatic carbocycles. The van der Waals surface area contributed by atoms with E-state index in [1.54, 1.807) is 0 Å². The van der Waals surface area contributed by atoms with E-state index in [9.17, 15) is 4.79 Å². The van der Waals surface area contributed by atoms with Gasteiger partial charge in [-0.2, -0.15) is 0 Å². The summed E-state index contributed by atoms with van der Waals surface area (Å²) in [6.07, 6.45) is 0.690. The highest BCUT2D eigenvalue weighted by molar-refractivity contribution is 5.45. The van der Waals surface area contributed by atoms with Crippen molar-refractivity contribution >= 4 is 6.41 Å². The Balaban J connectivity index is 3.64. The van der Waals surface area contributed by atoms with Crippen LogP contribution in [0.5, 0.6) is 0 Å². The number of nitrogens with two attached hydrogens (primary N) is 1. The van der Waals surface area contributed by atoms with Gasteiger partial charge in [-0.05, 0) is 20.8 Å². The summed E-state index contributed by atoms with van der Waals surface area (Å²) in [6, 6.07) is 0. The average Bonchev–Trinajstić information content (AvgIpc) is 2.08. The monoisotopic (exact) mass is 203 g/mol. The molecule has 0 spiro atoms. The first-order chi connectivity index (χ1) is 6.49. The zero-order valence-electron chi connectivity index (χ0n) is 9.25. The lowest BCUT2D eigenvalue weighted by Crippen LogP contribution is -2.38. The molecule has 0 saturated heterocycles. The number of rotatable bonds is 7. The summed E-state index contributed by atoms with van der Waals surface area (Å²) in [5.74, 6) is 0. The molecule has 0 radical (unpaired) electrons. The Morgan fingerprint density at radius 1 is 1.43 bits per heavy atom. The molecule has 0 unspecified atom stereocenters. The summed E-state index contributed by atoms with van der Waals surface area (Å²) in [5, 5.41) is 4.38. The molecule has 3 N–H and O–H groups in total. The third kappa shape index (κ3) is 7.97. The lowest BCUT2D eigenvalue weighted by Gasteiger charge is -2.26. The number of hydrogen-bond donors (Lipinski definition) is 2. The molecule has 5 heteroatoms. The van der Waals surface area contributed by atoms with E-state index in [0.29, 0.717) is 26.0 Å². The van der Waals surface area contributed by atoms with E-state index in [0.717, 1.165) is 6.54 Å². The summed E-state index contributed by atoms with van der Waals surface area (Å²) in [4.78, 5) is 16.0. The molecule has 0 heterocycles. The summed E-state index contributed by atoms with van der Waals surface area (Å²) in [6.45, 7) is 8.26. The molecule has 0 aliphatic rings. The summed E-state index contributed by atoms with van der Waals surface area (Å²) in [7, 11) is 0. The van der Waals surface area contributed by atoms with Crippen molar-refractivity contribution in [2.75, 3.05) is 26.2 Å². The van der Waals surface area contributed by atoms with Crippen LogP contribution in [0.3, 0.4) is 0 Å². The Hall–Kier alpha value is -0.650. The fraction of sp³-hybridized carbons (Fsp3) is 0.889. The molecule has 0 aromatic rings. The van der Waals surface area contributed by atoms with E-state index in [1.165, 1.54) is 5.06 Å². The SMILES string of the molecule is CC(C)(C)ON(C=O)CCNCCN. The van der Waals surface area contributed by atoms with E-state index < -0.39 is 0 Å². The Morgan fingerprint density at radius 2 is 2.07 bits per heavy atom. The van der Waals surface area contributed by atoms with E-state index in [2.05, 4.69) is 5.32 Å². The number of carbonyl (C=O) groups excluding carboxylic acids is 1. The van der Waals surface area contributed by atoms with Crippen molar-refractivity contribution in [3.05, 3.63) is 0 Å². The van der Waals surface area contributed by atoms with E-state index in [4.69, 9.17) is 10.6 Å². The minimum Gasteiger partial charge on any atom is -0.329 e. The molecular formula is C9H21N3O2. The van der Waals surface area contributed by atoms with Crippen LogP contribution in [0, 0.1) is 0 Å². The van der Waals surface area contributed by atoms with Crippen LogP contribution in [0.2, 0.25) is 0 Å². The molecule has 0 aliphatic heterocycles. The third-order valence-corrected chi connectivity index (χ3v) is 1.34. The Kier molecular flexibility index (Phi) is 6.44. The van der Waals surface area contributed by atoms with Gasteiger partial charge in [0.25, 0.3) is 0 Å². The van der Waals surface area contributed by atoms with Gasteiger partial charge in [-0.25, -0.2) is 5.06 Å². The minimum absolute atomic E-state index is 0.339. The molecule has 0 atom stereocenters. The van der Waals surface area contributed by atoms with Crippen molar-refractivity contribution < 1.29 is 9.63 Å². The van der Waals surface area contributed by atoms with Crippen molar-refractivity contribution in [1.29, 1.82) is 0 Å². The highest BCUT2D eigenvalue weighted by Crippen LogP contribution is 2.08. The molecule has 84 valence electrons. The van der Waals surface area contributed by atoms with Crippen LogP contribution in [-0.4, -0.2) is 43.3 Å². The van der Waals surface area contributed by atoms with Gasteiger partial charge in [-0.1, -0.05) is 0 Å². The number of nitrogens with zero attached hydrogens (tertiary/aromatic N) is 1. The highest BCUT2D eigenvalue weighted by Gasteiger charge is 2.15. The van der Waals surface area contributed by atoms with Crippen LogP contribution in [0.4, 0.5) is 0 Å². The maximum atomic E-state index is 10.6. The molecule has 0 rings (SSSR count). The van der Waals surface area contributed by atoms with Crippen molar-refractivity contribution in [3.63, 3.8) is 0 Å². The quantitative estimate of drug-likeness (QED) is 0.339. The first-order valence-electron chi connectivity index (χ1n) is 4.81. The number of nitrogens with one attached hydrogen (secondary N) is 1. The van der Waals surface area contributed by atoms with Gasteiger partial charge in [0.1, 0.15) is 0 Å². The fourth-order valence-electron chi connectivity index (χ4n) is 0.888. The van der Waals surface area contributed by atoms with E-state index in [-0.39, 0.29) is 5.60 Å². The molecule has 0 bridgehead atoms. The second-order valence-electron chi connectivity index (χ2n) is 3.99. The number of hydroxylamine groups is 2. The molecule has 14 heavy (non-hydrogen) atoms. The molecule has 0 aromatic carbocycles. The largest absolute Gasteiger partial charge is 0.329 e. The Labute approximate surface area is 85.5 Å². The minimum atomic E-state index is -0.339. The van der Waals surface area contributed by atoms with Crippen LogP contribution < -0.4 is 11.1 Å². The second-order valence-corrected chi connectivity index (χ2v) is 3.99. The van der Waals surface area contributed by atoms with Crippen LogP contribution in [0.1, 0.15) is 20.8 Å². The van der Waals surface area contributed by atoms with Gasteiger partial charge in [0.15, 0.2) is 0 Å². The first kappa shape index (κ1) is 13.4. The predicted octanol–water partition coefficient (Wildman–Crippen LogP) is -0.277. The summed E-state index contributed by atoms with van der Waals surface area (Å²) in [5.41, 5.74) is 4.96. The van der Waals surface area contributed by atoms with Gasteiger partial charge in [0.2, 0.25) is 6.41 Å². The maximum absolute atomic E-state index is 10.6. The molecular weight excluding hydrogens is 182 g/mol. The van der Waals surface area contributed by atoms with Crippen molar-refractivity contribution in [2.24, 2.45) is 5.73 Å². The Bertz CT molecular complexity index is 157. The van der Waals surface area contributed by atoms with Crippen molar-refractivity contribution in [1.82, 2.24) is 10.4 Å². The number of hydrogen-bond acceptors (Lipinski definition) is 4. The summed E-state index contributed by atoms with van der Waals surface area (Å²) < 4.78 is 0. The van der Waals surface area contributed by atoms with Gasteiger partial charge in [-0.15, -0.1) is 0 Å². The smallest absolute Gasteiger partial charge is 0.233 e. The van der Waals surface area contributed by atoms with Crippen LogP contribution >= 0.6 is 0 Å². The van der Waals surface area contributed by atoms with E-state index in [1.807, 2.05) is 20.8 Å². The van der Waals surface area contributed by atoms with Gasteiger partial charge in [0, 0.05) is 19.6 Å². The molecule has 0 saturated carbocycles. The van der Waals surface area contributed by atoms with Gasteiger partial charge < -0.3 is 11.1 Å². The lowest BCUT2D eigenvalue weighted by molar-refractivity contribution is -0.215. The normalized spacial score (nSPS) is 11.4. The maximum Gasteiger partial charge on any atom is 0.233 e. The topological polar surface area (TPSA) is 67.6 Å². The second kappa shape index (κ2) is 6.75. The van der Waals surface area contributed by atoms with Gasteiger partial charge in [-0.3, -0.25) is 9.63 Å². The summed E-state index contributed by atoms with van der Waals surface area (Å²) >= 11 is 0. The standard InChI is InChI=1S/C9H21N3O2/c1-9(2,3)14-12(8-13)7-6-11-5-4-10/h8,11H,4-7,10H2,1-3H3. The zero-order valence-corrected chi connectivity index (χ0v) is 9.25. The Morgan fingerprint density at radius 3 is 2.50 bits per heavy atom. The van der Waals surface area contributed by atoms with Crippen LogP contribution in [-0.2, 0) is 9.63 Å². The number of amides is 1. The third-order valence-electron chi connectivity index (χ3n) is 1.34. The van der Waals surface area contributed by atoms with Crippen LogP contribution in [0.25, 0.3) is 0 Å². The highest BCUT2D eigenvalue weighted by atomic mass is 16.7. The van der Waals surface area contributed by atoms with Gasteiger partial charge >= 0.3 is 0 Å². The van der Waals surface area contributed by atoms with Crippen LogP contribution in [0.15, 0.2) is 0 Å². The van der Waals surface area contributed by atoms with Gasteiger partial charge in [0.05, 0.1) is 12.1 Å². The van der Waals surface area contributed by atoms with Crippen molar-refractivity contribution in [3.8, 4) is 0 Å². The van der Waals surface area contributed by atoms with Crippen molar-refractivity contribution in [2.45, 2.75) is 26.4 Å².